The predicted molar refractivity (Wildman–Crippen MR) is 80.5 cm³/mol. The van der Waals surface area contributed by atoms with Gasteiger partial charge in [-0.15, -0.1) is 0 Å². The van der Waals surface area contributed by atoms with Crippen LogP contribution in [-0.2, 0) is 0 Å². The molecule has 0 aromatic rings. The molecule has 2 aliphatic rings. The molecule has 1 fully saturated rings. The number of hydrogen-bond acceptors (Lipinski definition) is 0. The van der Waals surface area contributed by atoms with Crippen molar-refractivity contribution >= 4 is 0 Å². The fourth-order valence-electron chi connectivity index (χ4n) is 4.99. The van der Waals surface area contributed by atoms with Gasteiger partial charge in [0.1, 0.15) is 0 Å². The van der Waals surface area contributed by atoms with Crippen molar-refractivity contribution in [2.45, 2.75) is 73.6 Å². The van der Waals surface area contributed by atoms with Gasteiger partial charge in [0.25, 0.3) is 0 Å². The quantitative estimate of drug-likeness (QED) is 0.473. The van der Waals surface area contributed by atoms with Crippen LogP contribution in [0, 0.1) is 28.1 Å². The predicted octanol–water partition coefficient (Wildman–Crippen LogP) is 5.83. The van der Waals surface area contributed by atoms with E-state index in [0.717, 1.165) is 11.8 Å². The summed E-state index contributed by atoms with van der Waals surface area (Å²) < 4.78 is 0. The Morgan fingerprint density at radius 1 is 0.944 bits per heavy atom. The minimum atomic E-state index is 0.414. The Balaban J connectivity index is 2.31. The van der Waals surface area contributed by atoms with Crippen molar-refractivity contribution < 1.29 is 0 Å². The number of allylic oxidation sites excluding steroid dienone is 2. The Bertz CT molecular complexity index is 307. The zero-order valence-electron chi connectivity index (χ0n) is 13.3. The average Bonchev–Trinajstić information content (AvgIpc) is 2.25. The molecule has 0 saturated heterocycles. The van der Waals surface area contributed by atoms with Gasteiger partial charge in [-0.1, -0.05) is 53.7 Å². The first-order chi connectivity index (χ1) is 8.17. The van der Waals surface area contributed by atoms with E-state index in [1.54, 1.807) is 0 Å². The Morgan fingerprint density at radius 3 is 2.11 bits per heavy atom. The zero-order chi connectivity index (χ0) is 13.6. The molecule has 0 aromatic heterocycles. The molecule has 2 aliphatic carbocycles. The molecule has 2 unspecified atom stereocenters. The van der Waals surface area contributed by atoms with Crippen molar-refractivity contribution in [3.05, 3.63) is 12.2 Å². The van der Waals surface area contributed by atoms with E-state index in [1.165, 1.54) is 32.1 Å². The van der Waals surface area contributed by atoms with Gasteiger partial charge in [0.2, 0.25) is 0 Å². The Hall–Kier alpha value is -0.260. The third-order valence-electron chi connectivity index (χ3n) is 6.08. The molecule has 0 nitrogen and oxygen atoms in total. The van der Waals surface area contributed by atoms with Gasteiger partial charge in [0, 0.05) is 0 Å². The Kier molecular flexibility index (Phi) is 3.45. The molecule has 2 rings (SSSR count). The highest BCUT2D eigenvalue weighted by Crippen LogP contribution is 2.62. The fourth-order valence-corrected chi connectivity index (χ4v) is 4.99. The normalized spacial score (nSPS) is 32.1. The van der Waals surface area contributed by atoms with Crippen LogP contribution in [0.2, 0.25) is 0 Å². The van der Waals surface area contributed by atoms with Crippen LogP contribution in [0.5, 0.6) is 0 Å². The monoisotopic (exact) mass is 248 g/mol. The molecule has 18 heavy (non-hydrogen) atoms. The van der Waals surface area contributed by atoms with Crippen LogP contribution in [0.3, 0.4) is 0 Å². The molecule has 0 amide bonds. The fraction of sp³-hybridized carbons (Fsp3) is 0.889. The van der Waals surface area contributed by atoms with Crippen LogP contribution in [-0.4, -0.2) is 0 Å². The Labute approximate surface area is 114 Å². The molecular formula is C18H32. The third kappa shape index (κ3) is 2.17. The van der Waals surface area contributed by atoms with E-state index >= 15 is 0 Å². The van der Waals surface area contributed by atoms with Crippen molar-refractivity contribution in [3.8, 4) is 0 Å². The van der Waals surface area contributed by atoms with Gasteiger partial charge in [-0.25, -0.2) is 0 Å². The number of fused-ring (bicyclic) bond motifs is 1. The van der Waals surface area contributed by atoms with Gasteiger partial charge in [-0.05, 0) is 60.2 Å². The lowest BCUT2D eigenvalue weighted by molar-refractivity contribution is -0.0914. The van der Waals surface area contributed by atoms with Crippen LogP contribution in [0.4, 0.5) is 0 Å². The highest BCUT2D eigenvalue weighted by atomic mass is 14.6. The first kappa shape index (κ1) is 14.2. The number of hydrogen-bond donors (Lipinski definition) is 0. The zero-order valence-corrected chi connectivity index (χ0v) is 13.3. The summed E-state index contributed by atoms with van der Waals surface area (Å²) in [4.78, 5) is 0. The van der Waals surface area contributed by atoms with Gasteiger partial charge in [-0.3, -0.25) is 0 Å². The SMILES string of the molecule is CC(C)(C)C1(C(C)(C)C)CCC2C=CCCC2C1. The smallest absolute Gasteiger partial charge is 0.0197 e. The lowest BCUT2D eigenvalue weighted by Crippen LogP contribution is -2.51. The summed E-state index contributed by atoms with van der Waals surface area (Å²) in [6, 6.07) is 0. The molecule has 0 radical (unpaired) electrons. The highest BCUT2D eigenvalue weighted by molar-refractivity contribution is 5.08. The van der Waals surface area contributed by atoms with Crippen LogP contribution in [0.1, 0.15) is 73.6 Å². The average molecular weight is 248 g/mol. The summed E-state index contributed by atoms with van der Waals surface area (Å²) >= 11 is 0. The lowest BCUT2D eigenvalue weighted by atomic mass is 9.46. The minimum absolute atomic E-state index is 0.414. The van der Waals surface area contributed by atoms with Crippen LogP contribution >= 0.6 is 0 Å². The van der Waals surface area contributed by atoms with Gasteiger partial charge < -0.3 is 0 Å². The molecule has 0 heteroatoms. The molecule has 0 N–H and O–H groups in total. The summed E-state index contributed by atoms with van der Waals surface area (Å²) in [7, 11) is 0. The van der Waals surface area contributed by atoms with E-state index in [0.29, 0.717) is 16.2 Å². The molecule has 2 atom stereocenters. The van der Waals surface area contributed by atoms with Gasteiger partial charge in [0.15, 0.2) is 0 Å². The Morgan fingerprint density at radius 2 is 1.56 bits per heavy atom. The van der Waals surface area contributed by atoms with E-state index in [-0.39, 0.29) is 0 Å². The van der Waals surface area contributed by atoms with Gasteiger partial charge >= 0.3 is 0 Å². The highest BCUT2D eigenvalue weighted by Gasteiger charge is 2.53. The van der Waals surface area contributed by atoms with Crippen molar-refractivity contribution in [3.63, 3.8) is 0 Å². The van der Waals surface area contributed by atoms with Crippen molar-refractivity contribution in [2.24, 2.45) is 28.1 Å². The van der Waals surface area contributed by atoms with E-state index in [1.807, 2.05) is 0 Å². The molecule has 0 spiro atoms. The van der Waals surface area contributed by atoms with Crippen LogP contribution in [0.25, 0.3) is 0 Å². The summed E-state index contributed by atoms with van der Waals surface area (Å²) in [5.41, 5.74) is 1.33. The third-order valence-corrected chi connectivity index (χ3v) is 6.08. The lowest BCUT2D eigenvalue weighted by Gasteiger charge is -2.59. The first-order valence-electron chi connectivity index (χ1n) is 7.84. The van der Waals surface area contributed by atoms with Crippen LogP contribution in [0.15, 0.2) is 12.2 Å². The summed E-state index contributed by atoms with van der Waals surface area (Å²) in [6.45, 7) is 14.8. The van der Waals surface area contributed by atoms with E-state index in [2.05, 4.69) is 53.7 Å². The molecule has 0 aliphatic heterocycles. The van der Waals surface area contributed by atoms with Gasteiger partial charge in [0.05, 0.1) is 0 Å². The summed E-state index contributed by atoms with van der Waals surface area (Å²) in [5.74, 6) is 1.83. The van der Waals surface area contributed by atoms with Crippen molar-refractivity contribution in [2.75, 3.05) is 0 Å². The maximum atomic E-state index is 2.52. The second-order valence-electron chi connectivity index (χ2n) is 8.75. The molecule has 1 saturated carbocycles. The van der Waals surface area contributed by atoms with Crippen LogP contribution < -0.4 is 0 Å². The largest absolute Gasteiger partial charge is 0.0882 e. The van der Waals surface area contributed by atoms with Crippen molar-refractivity contribution in [1.29, 1.82) is 0 Å². The molecule has 104 valence electrons. The molecular weight excluding hydrogens is 216 g/mol. The van der Waals surface area contributed by atoms with E-state index in [4.69, 9.17) is 0 Å². The molecule has 0 heterocycles. The molecule has 0 bridgehead atoms. The minimum Gasteiger partial charge on any atom is -0.0882 e. The van der Waals surface area contributed by atoms with E-state index in [9.17, 15) is 0 Å². The standard InChI is InChI=1S/C18H32/c1-16(2,3)18(17(4,5)6)12-11-14-9-7-8-10-15(14)13-18/h7,9,14-15H,8,10-13H2,1-6H3. The maximum Gasteiger partial charge on any atom is -0.0197 e. The maximum absolute atomic E-state index is 2.52. The second kappa shape index (κ2) is 4.39. The first-order valence-corrected chi connectivity index (χ1v) is 7.84. The topological polar surface area (TPSA) is 0 Å². The second-order valence-corrected chi connectivity index (χ2v) is 8.75. The van der Waals surface area contributed by atoms with E-state index < -0.39 is 0 Å². The summed E-state index contributed by atoms with van der Waals surface area (Å²) in [5, 5.41) is 0. The van der Waals surface area contributed by atoms with Gasteiger partial charge in [-0.2, -0.15) is 0 Å². The molecule has 0 aromatic carbocycles. The van der Waals surface area contributed by atoms with Crippen molar-refractivity contribution in [1.82, 2.24) is 0 Å². The summed E-state index contributed by atoms with van der Waals surface area (Å²) in [6.07, 6.45) is 11.9. The number of rotatable bonds is 0.